The first-order valence-electron chi connectivity index (χ1n) is 11.1. The third-order valence-electron chi connectivity index (χ3n) is 5.99. The molecule has 31 heavy (non-hydrogen) atoms. The first-order chi connectivity index (χ1) is 15.0. The number of aryl methyl sites for hydroxylation is 1. The van der Waals surface area contributed by atoms with Gasteiger partial charge in [0.1, 0.15) is 5.82 Å². The minimum absolute atomic E-state index is 0.0273. The first kappa shape index (κ1) is 21.0. The number of nitrogens with one attached hydrogen (secondary N) is 1. The fourth-order valence-corrected chi connectivity index (χ4v) is 3.93. The molecule has 160 valence electrons. The number of carbonyl (C=O) groups is 1. The predicted octanol–water partition coefficient (Wildman–Crippen LogP) is 5.43. The summed E-state index contributed by atoms with van der Waals surface area (Å²) in [6.45, 7) is 8.04. The van der Waals surface area contributed by atoms with Crippen molar-refractivity contribution in [3.05, 3.63) is 71.9 Å². The maximum absolute atomic E-state index is 12.7. The summed E-state index contributed by atoms with van der Waals surface area (Å²) in [4.78, 5) is 24.2. The average Bonchev–Trinajstić information content (AvgIpc) is 2.80. The third-order valence-corrected chi connectivity index (χ3v) is 5.99. The summed E-state index contributed by atoms with van der Waals surface area (Å²) in [6, 6.07) is 18.4. The maximum atomic E-state index is 12.7. The molecule has 1 aromatic heterocycles. The molecule has 1 aliphatic rings. The van der Waals surface area contributed by atoms with E-state index in [9.17, 15) is 4.79 Å². The molecule has 0 radical (unpaired) electrons. The molecule has 0 saturated carbocycles. The Morgan fingerprint density at radius 2 is 1.68 bits per heavy atom. The van der Waals surface area contributed by atoms with Crippen LogP contribution in [0.4, 0.5) is 11.5 Å². The molecule has 0 aliphatic carbocycles. The third kappa shape index (κ3) is 5.10. The normalized spacial score (nSPS) is 14.6. The number of anilines is 2. The molecular formula is C26H30N4O. The summed E-state index contributed by atoms with van der Waals surface area (Å²) >= 11 is 0. The topological polar surface area (TPSA) is 58.1 Å². The molecule has 4 rings (SSSR count). The smallest absolute Gasteiger partial charge is 0.227 e. The van der Waals surface area contributed by atoms with Crippen LogP contribution in [-0.2, 0) is 4.79 Å². The highest BCUT2D eigenvalue weighted by Crippen LogP contribution is 2.25. The van der Waals surface area contributed by atoms with E-state index in [1.807, 2.05) is 24.4 Å². The molecule has 0 spiro atoms. The Morgan fingerprint density at radius 1 is 1.00 bits per heavy atom. The summed E-state index contributed by atoms with van der Waals surface area (Å²) in [5.74, 6) is 2.29. The van der Waals surface area contributed by atoms with Crippen LogP contribution in [0, 0.1) is 12.8 Å². The number of hydrogen-bond acceptors (Lipinski definition) is 4. The Hall–Kier alpha value is -3.21. The van der Waals surface area contributed by atoms with E-state index in [1.54, 1.807) is 0 Å². The van der Waals surface area contributed by atoms with Crippen molar-refractivity contribution in [1.29, 1.82) is 0 Å². The monoisotopic (exact) mass is 414 g/mol. The quantitative estimate of drug-likeness (QED) is 0.605. The van der Waals surface area contributed by atoms with Gasteiger partial charge < -0.3 is 10.2 Å². The van der Waals surface area contributed by atoms with Crippen molar-refractivity contribution in [2.75, 3.05) is 23.3 Å². The Morgan fingerprint density at radius 3 is 2.32 bits per heavy atom. The SMILES string of the molecule is Cc1ccc(-c2nccc(N3CCC(C(=O)Nc4ccc(C(C)C)cc4)CC3)n2)cc1. The summed E-state index contributed by atoms with van der Waals surface area (Å²) < 4.78 is 0. The molecular weight excluding hydrogens is 384 g/mol. The Labute approximate surface area is 184 Å². The van der Waals surface area contributed by atoms with Crippen LogP contribution < -0.4 is 10.2 Å². The zero-order valence-corrected chi connectivity index (χ0v) is 18.5. The fourth-order valence-electron chi connectivity index (χ4n) is 3.93. The van der Waals surface area contributed by atoms with Gasteiger partial charge in [-0.05, 0) is 49.4 Å². The van der Waals surface area contributed by atoms with Gasteiger partial charge in [0.05, 0.1) is 0 Å². The van der Waals surface area contributed by atoms with Gasteiger partial charge in [0.25, 0.3) is 0 Å². The lowest BCUT2D eigenvalue weighted by Crippen LogP contribution is -2.38. The zero-order valence-electron chi connectivity index (χ0n) is 18.5. The van der Waals surface area contributed by atoms with Crippen molar-refractivity contribution in [2.45, 2.75) is 39.5 Å². The summed E-state index contributed by atoms with van der Waals surface area (Å²) in [6.07, 6.45) is 3.46. The number of carbonyl (C=O) groups excluding carboxylic acids is 1. The number of amides is 1. The van der Waals surface area contributed by atoms with Gasteiger partial charge in [0.2, 0.25) is 5.91 Å². The molecule has 2 heterocycles. The summed E-state index contributed by atoms with van der Waals surface area (Å²) in [5, 5.41) is 3.08. The van der Waals surface area contributed by atoms with Crippen molar-refractivity contribution in [3.8, 4) is 11.4 Å². The van der Waals surface area contributed by atoms with Crippen LogP contribution in [0.1, 0.15) is 43.7 Å². The van der Waals surface area contributed by atoms with Crippen LogP contribution in [0.15, 0.2) is 60.8 Å². The second-order valence-electron chi connectivity index (χ2n) is 8.63. The van der Waals surface area contributed by atoms with Gasteiger partial charge in [-0.1, -0.05) is 55.8 Å². The average molecular weight is 415 g/mol. The number of benzene rings is 2. The van der Waals surface area contributed by atoms with Crippen LogP contribution in [0.3, 0.4) is 0 Å². The van der Waals surface area contributed by atoms with Crippen molar-refractivity contribution >= 4 is 17.4 Å². The van der Waals surface area contributed by atoms with Crippen molar-refractivity contribution < 1.29 is 4.79 Å². The highest BCUT2D eigenvalue weighted by atomic mass is 16.1. The number of aromatic nitrogens is 2. The molecule has 1 aliphatic heterocycles. The second kappa shape index (κ2) is 9.29. The van der Waals surface area contributed by atoms with Gasteiger partial charge in [-0.2, -0.15) is 0 Å². The van der Waals surface area contributed by atoms with E-state index in [0.717, 1.165) is 48.8 Å². The molecule has 0 unspecified atom stereocenters. The van der Waals surface area contributed by atoms with Gasteiger partial charge in [0, 0.05) is 36.5 Å². The second-order valence-corrected chi connectivity index (χ2v) is 8.63. The predicted molar refractivity (Wildman–Crippen MR) is 126 cm³/mol. The van der Waals surface area contributed by atoms with E-state index >= 15 is 0 Å². The molecule has 1 amide bonds. The van der Waals surface area contributed by atoms with Gasteiger partial charge in [0.15, 0.2) is 5.82 Å². The molecule has 1 fully saturated rings. The van der Waals surface area contributed by atoms with Crippen LogP contribution in [0.25, 0.3) is 11.4 Å². The molecule has 0 bridgehead atoms. The van der Waals surface area contributed by atoms with Crippen molar-refractivity contribution in [3.63, 3.8) is 0 Å². The Bertz CT molecular complexity index is 1020. The zero-order chi connectivity index (χ0) is 21.8. The van der Waals surface area contributed by atoms with Gasteiger partial charge in [-0.25, -0.2) is 9.97 Å². The number of rotatable bonds is 5. The lowest BCUT2D eigenvalue weighted by molar-refractivity contribution is -0.120. The van der Waals surface area contributed by atoms with E-state index in [-0.39, 0.29) is 11.8 Å². The first-order valence-corrected chi connectivity index (χ1v) is 11.1. The molecule has 1 saturated heterocycles. The van der Waals surface area contributed by atoms with E-state index in [1.165, 1.54) is 11.1 Å². The van der Waals surface area contributed by atoms with Gasteiger partial charge >= 0.3 is 0 Å². The summed E-state index contributed by atoms with van der Waals surface area (Å²) in [5.41, 5.74) is 4.39. The molecule has 5 heteroatoms. The largest absolute Gasteiger partial charge is 0.356 e. The highest BCUT2D eigenvalue weighted by Gasteiger charge is 2.26. The molecule has 1 N–H and O–H groups in total. The number of piperidine rings is 1. The molecule has 2 aromatic carbocycles. The Balaban J connectivity index is 1.35. The standard InChI is InChI=1S/C26H30N4O/c1-18(2)20-8-10-23(11-9-20)28-26(31)22-13-16-30(17-14-22)24-12-15-27-25(29-24)21-6-4-19(3)5-7-21/h4-12,15,18,22H,13-14,16-17H2,1-3H3,(H,28,31). The lowest BCUT2D eigenvalue weighted by Gasteiger charge is -2.32. The highest BCUT2D eigenvalue weighted by molar-refractivity contribution is 5.92. The Kier molecular flexibility index (Phi) is 6.31. The minimum atomic E-state index is 0.0273. The van der Waals surface area contributed by atoms with E-state index in [0.29, 0.717) is 5.92 Å². The number of hydrogen-bond donors (Lipinski definition) is 1. The van der Waals surface area contributed by atoms with Crippen LogP contribution in [0.5, 0.6) is 0 Å². The molecule has 0 atom stereocenters. The van der Waals surface area contributed by atoms with Crippen molar-refractivity contribution in [2.24, 2.45) is 5.92 Å². The van der Waals surface area contributed by atoms with Crippen molar-refractivity contribution in [1.82, 2.24) is 9.97 Å². The van der Waals surface area contributed by atoms with Crippen LogP contribution in [-0.4, -0.2) is 29.0 Å². The van der Waals surface area contributed by atoms with E-state index < -0.39 is 0 Å². The van der Waals surface area contributed by atoms with Crippen LogP contribution in [0.2, 0.25) is 0 Å². The van der Waals surface area contributed by atoms with Crippen LogP contribution >= 0.6 is 0 Å². The van der Waals surface area contributed by atoms with Gasteiger partial charge in [-0.3, -0.25) is 4.79 Å². The molecule has 5 nitrogen and oxygen atoms in total. The number of nitrogens with zero attached hydrogens (tertiary/aromatic N) is 3. The van der Waals surface area contributed by atoms with Gasteiger partial charge in [-0.15, -0.1) is 0 Å². The maximum Gasteiger partial charge on any atom is 0.227 e. The van der Waals surface area contributed by atoms with E-state index in [4.69, 9.17) is 4.98 Å². The minimum Gasteiger partial charge on any atom is -0.356 e. The summed E-state index contributed by atoms with van der Waals surface area (Å²) in [7, 11) is 0. The fraction of sp³-hybridized carbons (Fsp3) is 0.346. The molecule has 3 aromatic rings. The van der Waals surface area contributed by atoms with E-state index in [2.05, 4.69) is 72.4 Å². The lowest BCUT2D eigenvalue weighted by atomic mass is 9.95.